The largest absolute Gasteiger partial charge is 0.297 e. The lowest BCUT2D eigenvalue weighted by Gasteiger charge is -2.47. The Morgan fingerprint density at radius 3 is 2.39 bits per heavy atom. The number of fused-ring (bicyclic) bond motifs is 1. The normalized spacial score (nSPS) is 35.0. The fourth-order valence-electron chi connectivity index (χ4n) is 4.04. The van der Waals surface area contributed by atoms with Crippen LogP contribution in [0.3, 0.4) is 0 Å². The highest BCUT2D eigenvalue weighted by Gasteiger charge is 2.38. The minimum absolute atomic E-state index is 0.331. The Labute approximate surface area is 114 Å². The molecule has 2 saturated heterocycles. The van der Waals surface area contributed by atoms with Crippen molar-refractivity contribution in [2.24, 2.45) is 11.3 Å². The van der Waals surface area contributed by atoms with E-state index in [1.54, 1.807) is 0 Å². The fourth-order valence-corrected chi connectivity index (χ4v) is 4.04. The van der Waals surface area contributed by atoms with E-state index in [1.165, 1.54) is 39.0 Å². The van der Waals surface area contributed by atoms with Crippen molar-refractivity contribution in [2.75, 3.05) is 26.2 Å². The van der Waals surface area contributed by atoms with Crippen molar-refractivity contribution < 1.29 is 0 Å². The summed E-state index contributed by atoms with van der Waals surface area (Å²) in [6.45, 7) is 19.5. The van der Waals surface area contributed by atoms with Crippen LogP contribution in [0.2, 0.25) is 0 Å². The number of hydrogen-bond acceptors (Lipinski definition) is 2. The maximum atomic E-state index is 2.77. The summed E-state index contributed by atoms with van der Waals surface area (Å²) in [5, 5.41) is 0. The summed E-state index contributed by atoms with van der Waals surface area (Å²) in [6.07, 6.45) is 2.77. The molecule has 2 aliphatic rings. The topological polar surface area (TPSA) is 6.48 Å². The van der Waals surface area contributed by atoms with E-state index in [9.17, 15) is 0 Å². The molecule has 2 aliphatic heterocycles. The standard InChI is InChI=1S/C16H32N2/c1-13-9-14-11-18(15(2,3)4)8-7-17(14)12-16(5,6)10-13/h13-14H,7-12H2,1-6H3. The average Bonchev–Trinajstić information content (AvgIpc) is 2.27. The van der Waals surface area contributed by atoms with Gasteiger partial charge in [0.1, 0.15) is 0 Å². The van der Waals surface area contributed by atoms with Crippen LogP contribution < -0.4 is 0 Å². The van der Waals surface area contributed by atoms with E-state index in [-0.39, 0.29) is 0 Å². The van der Waals surface area contributed by atoms with Gasteiger partial charge in [0.25, 0.3) is 0 Å². The second-order valence-corrected chi connectivity index (χ2v) is 8.45. The van der Waals surface area contributed by atoms with Crippen LogP contribution in [0.1, 0.15) is 54.4 Å². The van der Waals surface area contributed by atoms with E-state index in [4.69, 9.17) is 0 Å². The van der Waals surface area contributed by atoms with Gasteiger partial charge in [0.2, 0.25) is 0 Å². The first-order valence-corrected chi connectivity index (χ1v) is 7.66. The van der Waals surface area contributed by atoms with Gasteiger partial charge in [-0.3, -0.25) is 9.80 Å². The lowest BCUT2D eigenvalue weighted by molar-refractivity contribution is 0.0112. The van der Waals surface area contributed by atoms with Gasteiger partial charge in [0.05, 0.1) is 0 Å². The maximum absolute atomic E-state index is 2.77. The van der Waals surface area contributed by atoms with Crippen molar-refractivity contribution in [3.63, 3.8) is 0 Å². The maximum Gasteiger partial charge on any atom is 0.0226 e. The Morgan fingerprint density at radius 2 is 1.78 bits per heavy atom. The van der Waals surface area contributed by atoms with Crippen molar-refractivity contribution in [1.82, 2.24) is 9.80 Å². The summed E-state index contributed by atoms with van der Waals surface area (Å²) in [6, 6.07) is 0.787. The Hall–Kier alpha value is -0.0800. The molecule has 2 heterocycles. The predicted octanol–water partition coefficient (Wildman–Crippen LogP) is 3.23. The van der Waals surface area contributed by atoms with E-state index < -0.39 is 0 Å². The van der Waals surface area contributed by atoms with Crippen LogP contribution in [-0.2, 0) is 0 Å². The molecule has 0 N–H and O–H groups in total. The second kappa shape index (κ2) is 4.79. The Bertz CT molecular complexity index is 290. The van der Waals surface area contributed by atoms with Crippen molar-refractivity contribution in [3.05, 3.63) is 0 Å². The van der Waals surface area contributed by atoms with Crippen LogP contribution in [0.25, 0.3) is 0 Å². The van der Waals surface area contributed by atoms with Crippen molar-refractivity contribution in [3.8, 4) is 0 Å². The Balaban J connectivity index is 2.08. The molecule has 0 saturated carbocycles. The van der Waals surface area contributed by atoms with E-state index in [0.29, 0.717) is 11.0 Å². The van der Waals surface area contributed by atoms with E-state index in [0.717, 1.165) is 12.0 Å². The predicted molar refractivity (Wildman–Crippen MR) is 78.9 cm³/mol. The van der Waals surface area contributed by atoms with Crippen LogP contribution >= 0.6 is 0 Å². The van der Waals surface area contributed by atoms with Gasteiger partial charge in [-0.05, 0) is 44.9 Å². The van der Waals surface area contributed by atoms with Gasteiger partial charge in [0, 0.05) is 37.8 Å². The zero-order valence-electron chi connectivity index (χ0n) is 13.3. The van der Waals surface area contributed by atoms with Gasteiger partial charge >= 0.3 is 0 Å². The molecule has 0 amide bonds. The zero-order valence-corrected chi connectivity index (χ0v) is 13.3. The SMILES string of the molecule is CC1CC2CN(C(C)(C)C)CCN2CC(C)(C)C1. The first-order chi connectivity index (χ1) is 8.17. The van der Waals surface area contributed by atoms with Crippen molar-refractivity contribution in [1.29, 1.82) is 0 Å². The molecule has 0 bridgehead atoms. The summed E-state index contributed by atoms with van der Waals surface area (Å²) in [4.78, 5) is 5.45. The first-order valence-electron chi connectivity index (χ1n) is 7.66. The summed E-state index contributed by atoms with van der Waals surface area (Å²) in [7, 11) is 0. The smallest absolute Gasteiger partial charge is 0.0226 e. The Morgan fingerprint density at radius 1 is 1.11 bits per heavy atom. The fraction of sp³-hybridized carbons (Fsp3) is 1.00. The third-order valence-corrected chi connectivity index (χ3v) is 4.76. The third kappa shape index (κ3) is 3.27. The van der Waals surface area contributed by atoms with E-state index in [2.05, 4.69) is 51.3 Å². The molecule has 0 radical (unpaired) electrons. The van der Waals surface area contributed by atoms with Crippen LogP contribution in [0.15, 0.2) is 0 Å². The molecule has 2 heteroatoms. The van der Waals surface area contributed by atoms with Crippen molar-refractivity contribution in [2.45, 2.75) is 66.0 Å². The van der Waals surface area contributed by atoms with Crippen LogP contribution in [0.4, 0.5) is 0 Å². The quantitative estimate of drug-likeness (QED) is 0.653. The zero-order chi connectivity index (χ0) is 13.6. The van der Waals surface area contributed by atoms with Gasteiger partial charge in [-0.15, -0.1) is 0 Å². The molecular weight excluding hydrogens is 220 g/mol. The molecule has 0 aromatic rings. The van der Waals surface area contributed by atoms with Gasteiger partial charge in [-0.1, -0.05) is 20.8 Å². The molecular formula is C16H32N2. The van der Waals surface area contributed by atoms with Gasteiger partial charge in [-0.2, -0.15) is 0 Å². The highest BCUT2D eigenvalue weighted by Crippen LogP contribution is 2.36. The molecule has 0 spiro atoms. The number of piperazine rings is 1. The molecule has 2 atom stereocenters. The van der Waals surface area contributed by atoms with Gasteiger partial charge in [0.15, 0.2) is 0 Å². The average molecular weight is 252 g/mol. The highest BCUT2D eigenvalue weighted by atomic mass is 15.3. The highest BCUT2D eigenvalue weighted by molar-refractivity contribution is 4.93. The summed E-state index contributed by atoms with van der Waals surface area (Å²) >= 11 is 0. The van der Waals surface area contributed by atoms with Crippen LogP contribution in [0.5, 0.6) is 0 Å². The summed E-state index contributed by atoms with van der Waals surface area (Å²) < 4.78 is 0. The molecule has 18 heavy (non-hydrogen) atoms. The number of nitrogens with zero attached hydrogens (tertiary/aromatic N) is 2. The molecule has 0 aromatic heterocycles. The first kappa shape index (κ1) is 14.3. The monoisotopic (exact) mass is 252 g/mol. The van der Waals surface area contributed by atoms with Crippen molar-refractivity contribution >= 4 is 0 Å². The van der Waals surface area contributed by atoms with Gasteiger partial charge in [-0.25, -0.2) is 0 Å². The lowest BCUT2D eigenvalue weighted by Crippen LogP contribution is -2.58. The molecule has 2 unspecified atom stereocenters. The Kier molecular flexibility index (Phi) is 3.81. The van der Waals surface area contributed by atoms with E-state index >= 15 is 0 Å². The second-order valence-electron chi connectivity index (χ2n) is 8.45. The van der Waals surface area contributed by atoms with Gasteiger partial charge < -0.3 is 0 Å². The molecule has 2 fully saturated rings. The van der Waals surface area contributed by atoms with E-state index in [1.807, 2.05) is 0 Å². The molecule has 0 aliphatic carbocycles. The third-order valence-electron chi connectivity index (χ3n) is 4.76. The lowest BCUT2D eigenvalue weighted by atomic mass is 9.83. The minimum atomic E-state index is 0.331. The minimum Gasteiger partial charge on any atom is -0.297 e. The molecule has 106 valence electrons. The van der Waals surface area contributed by atoms with Crippen LogP contribution in [-0.4, -0.2) is 47.6 Å². The summed E-state index contributed by atoms with van der Waals surface area (Å²) in [5.41, 5.74) is 0.829. The number of rotatable bonds is 0. The van der Waals surface area contributed by atoms with Crippen LogP contribution in [0, 0.1) is 11.3 Å². The summed E-state index contributed by atoms with van der Waals surface area (Å²) in [5.74, 6) is 0.870. The molecule has 0 aromatic carbocycles. The molecule has 2 nitrogen and oxygen atoms in total. The number of hydrogen-bond donors (Lipinski definition) is 0. The molecule has 2 rings (SSSR count).